The van der Waals surface area contributed by atoms with Crippen LogP contribution in [0.25, 0.3) is 0 Å². The first-order chi connectivity index (χ1) is 6.95. The van der Waals surface area contributed by atoms with Crippen LogP contribution in [-0.4, -0.2) is 19.0 Å². The summed E-state index contributed by atoms with van der Waals surface area (Å²) in [5.74, 6) is 0.590. The fourth-order valence-corrected chi connectivity index (χ4v) is 1.28. The molecular formula is C12H28IN3. The molecule has 0 spiro atoms. The highest BCUT2D eigenvalue weighted by molar-refractivity contribution is 14.0. The quantitative estimate of drug-likeness (QED) is 0.338. The molecule has 0 aliphatic rings. The molecular weight excluding hydrogens is 313 g/mol. The summed E-state index contributed by atoms with van der Waals surface area (Å²) in [4.78, 5) is 4.17. The van der Waals surface area contributed by atoms with Crippen molar-refractivity contribution in [2.45, 2.75) is 53.4 Å². The van der Waals surface area contributed by atoms with Crippen LogP contribution < -0.4 is 11.1 Å². The van der Waals surface area contributed by atoms with E-state index in [0.29, 0.717) is 11.4 Å². The first-order valence-electron chi connectivity index (χ1n) is 5.99. The maximum absolute atomic E-state index is 5.67. The van der Waals surface area contributed by atoms with E-state index < -0.39 is 0 Å². The summed E-state index contributed by atoms with van der Waals surface area (Å²) in [6.07, 6.45) is 4.73. The molecule has 0 fully saturated rings. The second-order valence-corrected chi connectivity index (χ2v) is 5.21. The van der Waals surface area contributed by atoms with Gasteiger partial charge in [0, 0.05) is 13.1 Å². The van der Waals surface area contributed by atoms with Gasteiger partial charge in [-0.1, -0.05) is 34.1 Å². The van der Waals surface area contributed by atoms with Gasteiger partial charge in [-0.3, -0.25) is 4.99 Å². The molecule has 3 nitrogen and oxygen atoms in total. The Labute approximate surface area is 118 Å². The lowest BCUT2D eigenvalue weighted by atomic mass is 9.90. The van der Waals surface area contributed by atoms with E-state index in [1.54, 1.807) is 0 Å². The average Bonchev–Trinajstić information content (AvgIpc) is 2.12. The first-order valence-corrected chi connectivity index (χ1v) is 5.99. The number of hydrogen-bond acceptors (Lipinski definition) is 1. The van der Waals surface area contributed by atoms with E-state index in [1.165, 1.54) is 19.3 Å². The molecule has 0 aromatic carbocycles. The molecule has 0 unspecified atom stereocenters. The molecule has 16 heavy (non-hydrogen) atoms. The summed E-state index contributed by atoms with van der Waals surface area (Å²) in [7, 11) is 0. The number of nitrogens with one attached hydrogen (secondary N) is 1. The maximum Gasteiger partial charge on any atom is 0.188 e. The largest absolute Gasteiger partial charge is 0.370 e. The van der Waals surface area contributed by atoms with Gasteiger partial charge in [-0.2, -0.15) is 0 Å². The Hall–Kier alpha value is 0. The zero-order valence-corrected chi connectivity index (χ0v) is 13.5. The monoisotopic (exact) mass is 341 g/mol. The van der Waals surface area contributed by atoms with Crippen LogP contribution >= 0.6 is 24.0 Å². The highest BCUT2D eigenvalue weighted by atomic mass is 127. The minimum absolute atomic E-state index is 0. The van der Waals surface area contributed by atoms with Gasteiger partial charge in [-0.25, -0.2) is 0 Å². The Morgan fingerprint density at radius 2 is 1.88 bits per heavy atom. The standard InChI is InChI=1S/C12H27N3.HI/c1-5-9-14-11(13)15-10-7-6-8-12(2,3)4;/h5-10H2,1-4H3,(H3,13,14,15);1H. The van der Waals surface area contributed by atoms with E-state index in [-0.39, 0.29) is 24.0 Å². The normalized spacial score (nSPS) is 12.1. The van der Waals surface area contributed by atoms with Crippen LogP contribution in [0.2, 0.25) is 0 Å². The number of unbranched alkanes of at least 4 members (excludes halogenated alkanes) is 1. The SMILES string of the molecule is CCCN=C(N)NCCCCC(C)(C)C.I. The van der Waals surface area contributed by atoms with Gasteiger partial charge >= 0.3 is 0 Å². The molecule has 0 saturated heterocycles. The van der Waals surface area contributed by atoms with Crippen molar-refractivity contribution in [3.8, 4) is 0 Å². The van der Waals surface area contributed by atoms with Gasteiger partial charge in [0.1, 0.15) is 0 Å². The Morgan fingerprint density at radius 3 is 2.38 bits per heavy atom. The van der Waals surface area contributed by atoms with Crippen molar-refractivity contribution in [1.29, 1.82) is 0 Å². The molecule has 0 atom stereocenters. The van der Waals surface area contributed by atoms with Gasteiger partial charge in [0.15, 0.2) is 5.96 Å². The summed E-state index contributed by atoms with van der Waals surface area (Å²) in [5.41, 5.74) is 6.11. The lowest BCUT2D eigenvalue weighted by Gasteiger charge is -2.17. The number of nitrogens with two attached hydrogens (primary N) is 1. The minimum Gasteiger partial charge on any atom is -0.370 e. The van der Waals surface area contributed by atoms with Crippen LogP contribution in [0.4, 0.5) is 0 Å². The van der Waals surface area contributed by atoms with Crippen LogP contribution in [0.5, 0.6) is 0 Å². The summed E-state index contributed by atoms with van der Waals surface area (Å²) < 4.78 is 0. The van der Waals surface area contributed by atoms with E-state index in [4.69, 9.17) is 5.73 Å². The van der Waals surface area contributed by atoms with E-state index in [9.17, 15) is 0 Å². The molecule has 0 aromatic rings. The van der Waals surface area contributed by atoms with Crippen molar-refractivity contribution >= 4 is 29.9 Å². The average molecular weight is 341 g/mol. The van der Waals surface area contributed by atoms with E-state index in [1.807, 2.05) is 0 Å². The van der Waals surface area contributed by atoms with E-state index in [2.05, 4.69) is 38.0 Å². The third-order valence-electron chi connectivity index (χ3n) is 2.17. The van der Waals surface area contributed by atoms with Crippen molar-refractivity contribution in [3.63, 3.8) is 0 Å². The van der Waals surface area contributed by atoms with Crippen LogP contribution in [0.3, 0.4) is 0 Å². The Kier molecular flexibility index (Phi) is 11.7. The fourth-order valence-electron chi connectivity index (χ4n) is 1.28. The molecule has 0 saturated carbocycles. The second kappa shape index (κ2) is 10.2. The van der Waals surface area contributed by atoms with Gasteiger partial charge in [-0.05, 0) is 24.7 Å². The van der Waals surface area contributed by atoms with Crippen molar-refractivity contribution in [2.24, 2.45) is 16.1 Å². The van der Waals surface area contributed by atoms with Gasteiger partial charge in [0.2, 0.25) is 0 Å². The van der Waals surface area contributed by atoms with Crippen LogP contribution in [0.15, 0.2) is 4.99 Å². The maximum atomic E-state index is 5.67. The summed E-state index contributed by atoms with van der Waals surface area (Å²) in [6.45, 7) is 10.7. The molecule has 0 amide bonds. The second-order valence-electron chi connectivity index (χ2n) is 5.21. The smallest absolute Gasteiger partial charge is 0.188 e. The predicted octanol–water partition coefficient (Wildman–Crippen LogP) is 3.14. The molecule has 0 rings (SSSR count). The van der Waals surface area contributed by atoms with Crippen molar-refractivity contribution < 1.29 is 0 Å². The topological polar surface area (TPSA) is 50.4 Å². The number of nitrogens with zero attached hydrogens (tertiary/aromatic N) is 1. The van der Waals surface area contributed by atoms with Gasteiger partial charge in [-0.15, -0.1) is 24.0 Å². The van der Waals surface area contributed by atoms with Gasteiger partial charge in [0.05, 0.1) is 0 Å². The van der Waals surface area contributed by atoms with Gasteiger partial charge in [0.25, 0.3) is 0 Å². The van der Waals surface area contributed by atoms with Crippen LogP contribution in [0, 0.1) is 5.41 Å². The third-order valence-corrected chi connectivity index (χ3v) is 2.17. The highest BCUT2D eigenvalue weighted by Crippen LogP contribution is 2.20. The lowest BCUT2D eigenvalue weighted by molar-refractivity contribution is 0.360. The number of halogens is 1. The lowest BCUT2D eigenvalue weighted by Crippen LogP contribution is -2.32. The van der Waals surface area contributed by atoms with E-state index >= 15 is 0 Å². The van der Waals surface area contributed by atoms with Crippen LogP contribution in [-0.2, 0) is 0 Å². The Balaban J connectivity index is 0. The van der Waals surface area contributed by atoms with E-state index in [0.717, 1.165) is 19.5 Å². The summed E-state index contributed by atoms with van der Waals surface area (Å²) in [5, 5.41) is 3.13. The number of rotatable bonds is 6. The third kappa shape index (κ3) is 14.0. The zero-order chi connectivity index (χ0) is 11.7. The summed E-state index contributed by atoms with van der Waals surface area (Å²) >= 11 is 0. The highest BCUT2D eigenvalue weighted by Gasteiger charge is 2.08. The molecule has 3 N–H and O–H groups in total. The predicted molar refractivity (Wildman–Crippen MR) is 83.5 cm³/mol. The van der Waals surface area contributed by atoms with Crippen LogP contribution in [0.1, 0.15) is 53.4 Å². The van der Waals surface area contributed by atoms with Crippen molar-refractivity contribution in [1.82, 2.24) is 5.32 Å². The molecule has 4 heteroatoms. The number of guanidine groups is 1. The molecule has 98 valence electrons. The van der Waals surface area contributed by atoms with Gasteiger partial charge < -0.3 is 11.1 Å². The molecule has 0 aromatic heterocycles. The first kappa shape index (κ1) is 18.4. The Bertz CT molecular complexity index is 185. The summed E-state index contributed by atoms with van der Waals surface area (Å²) in [6, 6.07) is 0. The fraction of sp³-hybridized carbons (Fsp3) is 0.917. The minimum atomic E-state index is 0. The van der Waals surface area contributed by atoms with Crippen molar-refractivity contribution in [3.05, 3.63) is 0 Å². The molecule has 0 aliphatic heterocycles. The van der Waals surface area contributed by atoms with Crippen molar-refractivity contribution in [2.75, 3.05) is 13.1 Å². The molecule has 0 bridgehead atoms. The molecule has 0 aliphatic carbocycles. The number of hydrogen-bond donors (Lipinski definition) is 2. The number of aliphatic imine (C=N–C) groups is 1. The zero-order valence-electron chi connectivity index (χ0n) is 11.2. The Morgan fingerprint density at radius 1 is 1.25 bits per heavy atom. The molecule has 0 heterocycles. The molecule has 0 radical (unpaired) electrons.